The minimum atomic E-state index is -0.541. The molecule has 2 aromatic rings. The van der Waals surface area contributed by atoms with E-state index in [0.717, 1.165) is 0 Å². The minimum absolute atomic E-state index is 0.0439. The quantitative estimate of drug-likeness (QED) is 0.262. The van der Waals surface area contributed by atoms with Crippen molar-refractivity contribution in [1.29, 1.82) is 0 Å². The van der Waals surface area contributed by atoms with Crippen LogP contribution in [0.25, 0.3) is 0 Å². The lowest BCUT2D eigenvalue weighted by atomic mass is 10.0. The maximum absolute atomic E-state index is 12.9. The molecule has 0 aliphatic heterocycles. The number of ether oxygens (including phenoxy) is 4. The smallest absolute Gasteiger partial charge is 0.309 e. The Bertz CT molecular complexity index is 963. The molecule has 1 aromatic carbocycles. The highest BCUT2D eigenvalue weighted by Gasteiger charge is 2.30. The van der Waals surface area contributed by atoms with Gasteiger partial charge in [0, 0.05) is 24.1 Å². The predicted octanol–water partition coefficient (Wildman–Crippen LogP) is 4.80. The van der Waals surface area contributed by atoms with E-state index in [1.165, 1.54) is 20.2 Å². The molecule has 1 aromatic heterocycles. The zero-order chi connectivity index (χ0) is 24.5. The highest BCUT2D eigenvalue weighted by Crippen LogP contribution is 2.31. The number of methoxy groups -OCH3 is 1. The normalized spacial score (nSPS) is 13.5. The first-order valence-electron chi connectivity index (χ1n) is 10.8. The number of esters is 2. The fourth-order valence-corrected chi connectivity index (χ4v) is 3.69. The molecule has 8 heteroatoms. The molecule has 0 N–H and O–H groups in total. The zero-order valence-corrected chi connectivity index (χ0v) is 20.7. The Kier molecular flexibility index (Phi) is 9.78. The summed E-state index contributed by atoms with van der Waals surface area (Å²) >= 11 is 5.53. The maximum atomic E-state index is 12.9. The fourth-order valence-electron chi connectivity index (χ4n) is 3.30. The zero-order valence-electron chi connectivity index (χ0n) is 19.9. The molecular formula is C25H31NO6S. The lowest BCUT2D eigenvalue weighted by Gasteiger charge is -2.29. The van der Waals surface area contributed by atoms with E-state index in [9.17, 15) is 9.59 Å². The van der Waals surface area contributed by atoms with Gasteiger partial charge in [-0.05, 0) is 31.4 Å². The standard InChI is InChI=1S/C25H31NO6S/c1-15(2)23(17(4)30-19-10-8-7-9-11-19)32-25(28)16(3)14-21(33)22-24(31-18(5)27)20(29-6)12-13-26-22/h7-13,15-17,23H,14H2,1-6H3/t16-,17-,23+/m1/s1. The van der Waals surface area contributed by atoms with E-state index in [2.05, 4.69) is 4.98 Å². The van der Waals surface area contributed by atoms with Crippen LogP contribution in [0, 0.1) is 11.8 Å². The van der Waals surface area contributed by atoms with Crippen LogP contribution in [-0.4, -0.2) is 41.1 Å². The third-order valence-electron chi connectivity index (χ3n) is 4.93. The average Bonchev–Trinajstić information content (AvgIpc) is 2.77. The van der Waals surface area contributed by atoms with E-state index < -0.39 is 24.0 Å². The second-order valence-corrected chi connectivity index (χ2v) is 8.59. The Morgan fingerprint density at radius 3 is 2.30 bits per heavy atom. The molecule has 0 bridgehead atoms. The molecular weight excluding hydrogens is 442 g/mol. The number of hydrogen-bond acceptors (Lipinski definition) is 8. The van der Waals surface area contributed by atoms with Crippen LogP contribution >= 0.6 is 12.2 Å². The van der Waals surface area contributed by atoms with Gasteiger partial charge in [0.25, 0.3) is 0 Å². The van der Waals surface area contributed by atoms with Gasteiger partial charge in [0.15, 0.2) is 11.5 Å². The largest absolute Gasteiger partial charge is 0.493 e. The highest BCUT2D eigenvalue weighted by molar-refractivity contribution is 7.80. The Morgan fingerprint density at radius 1 is 1.06 bits per heavy atom. The summed E-state index contributed by atoms with van der Waals surface area (Å²) in [6.07, 6.45) is 0.918. The maximum Gasteiger partial charge on any atom is 0.309 e. The van der Waals surface area contributed by atoms with Crippen LogP contribution < -0.4 is 14.2 Å². The number of hydrogen-bond donors (Lipinski definition) is 0. The van der Waals surface area contributed by atoms with Crippen molar-refractivity contribution in [2.24, 2.45) is 11.8 Å². The van der Waals surface area contributed by atoms with Crippen molar-refractivity contribution in [3.63, 3.8) is 0 Å². The molecule has 1 heterocycles. The summed E-state index contributed by atoms with van der Waals surface area (Å²) in [4.78, 5) is 29.0. The number of benzene rings is 1. The number of nitrogens with zero attached hydrogens (tertiary/aromatic N) is 1. The summed E-state index contributed by atoms with van der Waals surface area (Å²) < 4.78 is 22.3. The number of para-hydroxylation sites is 1. The van der Waals surface area contributed by atoms with E-state index in [1.54, 1.807) is 13.0 Å². The number of pyridine rings is 1. The summed E-state index contributed by atoms with van der Waals surface area (Å²) in [7, 11) is 1.46. The van der Waals surface area contributed by atoms with Crippen molar-refractivity contribution >= 4 is 29.0 Å². The van der Waals surface area contributed by atoms with Gasteiger partial charge in [0.05, 0.1) is 13.0 Å². The average molecular weight is 474 g/mol. The summed E-state index contributed by atoms with van der Waals surface area (Å²) in [5.74, 6) is -0.227. The second kappa shape index (κ2) is 12.3. The number of carbonyl (C=O) groups is 2. The summed E-state index contributed by atoms with van der Waals surface area (Å²) in [6.45, 7) is 8.85. The third-order valence-corrected chi connectivity index (χ3v) is 5.29. The van der Waals surface area contributed by atoms with Crippen LogP contribution in [0.5, 0.6) is 17.2 Å². The van der Waals surface area contributed by atoms with Gasteiger partial charge in [-0.25, -0.2) is 0 Å². The monoisotopic (exact) mass is 473 g/mol. The molecule has 178 valence electrons. The van der Waals surface area contributed by atoms with E-state index in [4.69, 9.17) is 31.2 Å². The molecule has 2 rings (SSSR count). The van der Waals surface area contributed by atoms with Crippen LogP contribution in [-0.2, 0) is 14.3 Å². The fraction of sp³-hybridized carbons (Fsp3) is 0.440. The molecule has 0 saturated heterocycles. The molecule has 3 atom stereocenters. The van der Waals surface area contributed by atoms with Crippen molar-refractivity contribution in [2.45, 2.75) is 53.2 Å². The van der Waals surface area contributed by atoms with Crippen LogP contribution in [0.2, 0.25) is 0 Å². The molecule has 0 unspecified atom stereocenters. The van der Waals surface area contributed by atoms with E-state index in [1.807, 2.05) is 51.1 Å². The van der Waals surface area contributed by atoms with Crippen molar-refractivity contribution in [3.8, 4) is 17.2 Å². The number of aromatic nitrogens is 1. The molecule has 0 aliphatic rings. The minimum Gasteiger partial charge on any atom is -0.493 e. The third kappa shape index (κ3) is 7.53. The first-order chi connectivity index (χ1) is 15.6. The second-order valence-electron chi connectivity index (χ2n) is 8.09. The number of rotatable bonds is 11. The van der Waals surface area contributed by atoms with Gasteiger partial charge >= 0.3 is 11.9 Å². The summed E-state index contributed by atoms with van der Waals surface area (Å²) in [5, 5.41) is 0. The first-order valence-corrected chi connectivity index (χ1v) is 11.2. The molecule has 0 radical (unpaired) electrons. The lowest BCUT2D eigenvalue weighted by Crippen LogP contribution is -2.39. The summed E-state index contributed by atoms with van der Waals surface area (Å²) in [6, 6.07) is 11.0. The molecule has 0 amide bonds. The topological polar surface area (TPSA) is 84.0 Å². The van der Waals surface area contributed by atoms with Gasteiger partial charge in [0.2, 0.25) is 0 Å². The van der Waals surface area contributed by atoms with E-state index in [0.29, 0.717) is 22.1 Å². The van der Waals surface area contributed by atoms with Gasteiger partial charge in [-0.1, -0.05) is 51.2 Å². The van der Waals surface area contributed by atoms with Crippen molar-refractivity contribution in [3.05, 3.63) is 48.3 Å². The van der Waals surface area contributed by atoms with Crippen molar-refractivity contribution < 1.29 is 28.5 Å². The molecule has 0 spiro atoms. The Balaban J connectivity index is 2.09. The van der Waals surface area contributed by atoms with Crippen LogP contribution in [0.4, 0.5) is 0 Å². The Labute approximate surface area is 200 Å². The summed E-state index contributed by atoms with van der Waals surface area (Å²) in [5.41, 5.74) is 0.292. The molecule has 0 saturated carbocycles. The first kappa shape index (κ1) is 26.3. The highest BCUT2D eigenvalue weighted by atomic mass is 32.1. The predicted molar refractivity (Wildman–Crippen MR) is 129 cm³/mol. The number of thiocarbonyl (C=S) groups is 1. The van der Waals surface area contributed by atoms with Gasteiger partial charge in [0.1, 0.15) is 23.7 Å². The SMILES string of the molecule is COc1ccnc(C(=S)C[C@@H](C)C(=O)O[C@@H](C(C)C)[C@@H](C)Oc2ccccc2)c1OC(C)=O. The van der Waals surface area contributed by atoms with Gasteiger partial charge in [-0.2, -0.15) is 0 Å². The molecule has 33 heavy (non-hydrogen) atoms. The van der Waals surface area contributed by atoms with Crippen molar-refractivity contribution in [2.75, 3.05) is 7.11 Å². The van der Waals surface area contributed by atoms with Gasteiger partial charge in [-0.15, -0.1) is 0 Å². The van der Waals surface area contributed by atoms with Crippen LogP contribution in [0.15, 0.2) is 42.6 Å². The van der Waals surface area contributed by atoms with E-state index in [-0.39, 0.29) is 24.2 Å². The molecule has 0 fully saturated rings. The lowest BCUT2D eigenvalue weighted by molar-refractivity contribution is -0.160. The molecule has 0 aliphatic carbocycles. The van der Waals surface area contributed by atoms with Gasteiger partial charge < -0.3 is 18.9 Å². The number of carbonyl (C=O) groups excluding carboxylic acids is 2. The Hall–Kier alpha value is -3.00. The van der Waals surface area contributed by atoms with Crippen molar-refractivity contribution in [1.82, 2.24) is 4.98 Å². The van der Waals surface area contributed by atoms with Gasteiger partial charge in [-0.3, -0.25) is 14.6 Å². The van der Waals surface area contributed by atoms with Crippen LogP contribution in [0.3, 0.4) is 0 Å². The van der Waals surface area contributed by atoms with E-state index >= 15 is 0 Å². The molecule has 7 nitrogen and oxygen atoms in total. The van der Waals surface area contributed by atoms with Crippen LogP contribution in [0.1, 0.15) is 46.7 Å². The Morgan fingerprint density at radius 2 is 1.73 bits per heavy atom.